The van der Waals surface area contributed by atoms with Crippen molar-refractivity contribution in [1.82, 2.24) is 9.97 Å². The Labute approximate surface area is 108 Å². The maximum Gasteiger partial charge on any atom is 0.227 e. The molecule has 0 atom stereocenters. The highest BCUT2D eigenvalue weighted by Gasteiger charge is 2.02. The highest BCUT2D eigenvalue weighted by Crippen LogP contribution is 2.20. The first-order valence-corrected chi connectivity index (χ1v) is 6.05. The van der Waals surface area contributed by atoms with Gasteiger partial charge in [-0.15, -0.1) is 0 Å². The second kappa shape index (κ2) is 4.78. The molecule has 16 heavy (non-hydrogen) atoms. The third-order valence-electron chi connectivity index (χ3n) is 2.47. The molecule has 0 saturated carbocycles. The van der Waals surface area contributed by atoms with Gasteiger partial charge in [-0.05, 0) is 53.6 Å². The van der Waals surface area contributed by atoms with Crippen LogP contribution >= 0.6 is 22.6 Å². The summed E-state index contributed by atoms with van der Waals surface area (Å²) >= 11 is 2.19. The van der Waals surface area contributed by atoms with E-state index in [4.69, 9.17) is 0 Å². The normalized spacial score (nSPS) is 10.2. The molecule has 0 bridgehead atoms. The van der Waals surface area contributed by atoms with Crippen LogP contribution in [0.4, 0.5) is 11.6 Å². The van der Waals surface area contributed by atoms with Gasteiger partial charge in [0, 0.05) is 21.7 Å². The molecule has 3 nitrogen and oxygen atoms in total. The van der Waals surface area contributed by atoms with E-state index >= 15 is 0 Å². The highest BCUT2D eigenvalue weighted by atomic mass is 127. The molecule has 0 amide bonds. The Morgan fingerprint density at radius 2 is 1.81 bits per heavy atom. The summed E-state index contributed by atoms with van der Waals surface area (Å²) in [6.07, 6.45) is 3.59. The van der Waals surface area contributed by atoms with Gasteiger partial charge in [0.25, 0.3) is 0 Å². The summed E-state index contributed by atoms with van der Waals surface area (Å²) in [5.41, 5.74) is 3.54. The van der Waals surface area contributed by atoms with Crippen molar-refractivity contribution >= 4 is 34.2 Å². The Morgan fingerprint density at radius 1 is 1.12 bits per heavy atom. The van der Waals surface area contributed by atoms with Gasteiger partial charge in [0.2, 0.25) is 5.95 Å². The Hall–Kier alpha value is -1.17. The van der Waals surface area contributed by atoms with Crippen LogP contribution in [0.3, 0.4) is 0 Å². The van der Waals surface area contributed by atoms with Gasteiger partial charge >= 0.3 is 0 Å². The van der Waals surface area contributed by atoms with E-state index in [1.54, 1.807) is 12.4 Å². The lowest BCUT2D eigenvalue weighted by Crippen LogP contribution is -1.99. The van der Waals surface area contributed by atoms with Gasteiger partial charge in [-0.2, -0.15) is 0 Å². The van der Waals surface area contributed by atoms with Crippen LogP contribution in [-0.4, -0.2) is 9.97 Å². The third-order valence-corrected chi connectivity index (χ3v) is 3.03. The summed E-state index contributed by atoms with van der Waals surface area (Å²) in [4.78, 5) is 8.43. The molecule has 0 unspecified atom stereocenters. The topological polar surface area (TPSA) is 37.8 Å². The third kappa shape index (κ3) is 2.49. The molecule has 2 aromatic rings. The Kier molecular flexibility index (Phi) is 3.38. The smallest absolute Gasteiger partial charge is 0.227 e. The van der Waals surface area contributed by atoms with E-state index in [2.05, 4.69) is 57.8 Å². The van der Waals surface area contributed by atoms with E-state index in [0.29, 0.717) is 5.95 Å². The van der Waals surface area contributed by atoms with E-state index in [-0.39, 0.29) is 0 Å². The number of benzene rings is 1. The van der Waals surface area contributed by atoms with Crippen LogP contribution < -0.4 is 5.32 Å². The number of anilines is 2. The van der Waals surface area contributed by atoms with Gasteiger partial charge in [-0.3, -0.25) is 0 Å². The Morgan fingerprint density at radius 3 is 2.50 bits per heavy atom. The molecule has 0 aliphatic heterocycles. The number of hydrogen-bond acceptors (Lipinski definition) is 3. The number of rotatable bonds is 2. The zero-order valence-corrected chi connectivity index (χ0v) is 11.3. The fraction of sp³-hybridized carbons (Fsp3) is 0.167. The minimum Gasteiger partial charge on any atom is -0.324 e. The molecule has 0 fully saturated rings. The first-order valence-electron chi connectivity index (χ1n) is 4.97. The van der Waals surface area contributed by atoms with Gasteiger partial charge < -0.3 is 5.32 Å². The number of halogens is 1. The average Bonchev–Trinajstić information content (AvgIpc) is 2.28. The molecular formula is C12H12IN3. The lowest BCUT2D eigenvalue weighted by Gasteiger charge is -2.09. The van der Waals surface area contributed by atoms with Crippen LogP contribution in [-0.2, 0) is 0 Å². The summed E-state index contributed by atoms with van der Waals surface area (Å²) in [6.45, 7) is 4.18. The predicted octanol–water partition coefficient (Wildman–Crippen LogP) is 3.44. The molecule has 1 N–H and O–H groups in total. The van der Waals surface area contributed by atoms with Gasteiger partial charge in [0.1, 0.15) is 0 Å². The van der Waals surface area contributed by atoms with Crippen molar-refractivity contribution in [2.24, 2.45) is 0 Å². The number of aromatic nitrogens is 2. The van der Waals surface area contributed by atoms with E-state index in [1.165, 1.54) is 11.1 Å². The molecule has 0 aliphatic carbocycles. The maximum atomic E-state index is 4.21. The number of nitrogens with zero attached hydrogens (tertiary/aromatic N) is 2. The number of aryl methyl sites for hydroxylation is 1. The second-order valence-corrected chi connectivity index (χ2v) is 4.84. The van der Waals surface area contributed by atoms with Crippen LogP contribution in [0.2, 0.25) is 0 Å². The molecule has 1 aromatic heterocycles. The largest absolute Gasteiger partial charge is 0.324 e. The van der Waals surface area contributed by atoms with Crippen molar-refractivity contribution in [2.75, 3.05) is 5.32 Å². The maximum absolute atomic E-state index is 4.21. The summed E-state index contributed by atoms with van der Waals surface area (Å²) in [5.74, 6) is 0.633. The molecular weight excluding hydrogens is 313 g/mol. The van der Waals surface area contributed by atoms with Crippen molar-refractivity contribution in [1.29, 1.82) is 0 Å². The first kappa shape index (κ1) is 11.3. The average molecular weight is 325 g/mol. The van der Waals surface area contributed by atoms with Gasteiger partial charge in [-0.1, -0.05) is 12.1 Å². The molecule has 82 valence electrons. The first-order chi connectivity index (χ1) is 7.66. The summed E-state index contributed by atoms with van der Waals surface area (Å²) in [6, 6.07) is 6.15. The van der Waals surface area contributed by atoms with E-state index < -0.39 is 0 Å². The number of nitrogens with one attached hydrogen (secondary N) is 1. The van der Waals surface area contributed by atoms with Crippen molar-refractivity contribution < 1.29 is 0 Å². The minimum atomic E-state index is 0.633. The molecule has 0 spiro atoms. The van der Waals surface area contributed by atoms with Gasteiger partial charge in [0.15, 0.2) is 0 Å². The molecule has 4 heteroatoms. The van der Waals surface area contributed by atoms with Crippen molar-refractivity contribution in [3.63, 3.8) is 0 Å². The van der Waals surface area contributed by atoms with Crippen molar-refractivity contribution in [2.45, 2.75) is 13.8 Å². The molecule has 1 heterocycles. The Bertz CT molecular complexity index is 494. The summed E-state index contributed by atoms with van der Waals surface area (Å²) in [5, 5.41) is 3.21. The quantitative estimate of drug-likeness (QED) is 0.860. The van der Waals surface area contributed by atoms with Crippen LogP contribution in [0.15, 0.2) is 30.6 Å². The van der Waals surface area contributed by atoms with E-state index in [0.717, 1.165) is 9.26 Å². The van der Waals surface area contributed by atoms with Crippen LogP contribution in [0.25, 0.3) is 0 Å². The Balaban J connectivity index is 2.27. The highest BCUT2D eigenvalue weighted by molar-refractivity contribution is 14.1. The van der Waals surface area contributed by atoms with Crippen LogP contribution in [0.5, 0.6) is 0 Å². The van der Waals surface area contributed by atoms with Crippen molar-refractivity contribution in [3.05, 3.63) is 45.3 Å². The van der Waals surface area contributed by atoms with Crippen LogP contribution in [0, 0.1) is 17.4 Å². The lowest BCUT2D eigenvalue weighted by molar-refractivity contribution is 1.14. The fourth-order valence-electron chi connectivity index (χ4n) is 1.38. The monoisotopic (exact) mass is 325 g/mol. The van der Waals surface area contributed by atoms with Crippen LogP contribution in [0.1, 0.15) is 11.1 Å². The molecule has 2 rings (SSSR count). The fourth-order valence-corrected chi connectivity index (χ4v) is 1.66. The standard InChI is InChI=1S/C12H12IN3/c1-8-4-3-5-11(9(8)2)16-12-14-6-10(13)7-15-12/h3-7H,1-2H3,(H,14,15,16). The van der Waals surface area contributed by atoms with Gasteiger partial charge in [0.05, 0.1) is 0 Å². The van der Waals surface area contributed by atoms with Crippen molar-refractivity contribution in [3.8, 4) is 0 Å². The SMILES string of the molecule is Cc1cccc(Nc2ncc(I)cn2)c1C. The predicted molar refractivity (Wildman–Crippen MR) is 73.9 cm³/mol. The summed E-state index contributed by atoms with van der Waals surface area (Å²) in [7, 11) is 0. The molecule has 0 saturated heterocycles. The second-order valence-electron chi connectivity index (χ2n) is 3.60. The van der Waals surface area contributed by atoms with E-state index in [1.807, 2.05) is 12.1 Å². The zero-order valence-electron chi connectivity index (χ0n) is 9.16. The molecule has 0 aliphatic rings. The minimum absolute atomic E-state index is 0.633. The zero-order chi connectivity index (χ0) is 11.5. The lowest BCUT2D eigenvalue weighted by atomic mass is 10.1. The van der Waals surface area contributed by atoms with E-state index in [9.17, 15) is 0 Å². The molecule has 0 radical (unpaired) electrons. The number of hydrogen-bond donors (Lipinski definition) is 1. The molecule has 1 aromatic carbocycles. The summed E-state index contributed by atoms with van der Waals surface area (Å²) < 4.78 is 1.03. The van der Waals surface area contributed by atoms with Gasteiger partial charge in [-0.25, -0.2) is 9.97 Å².